The van der Waals surface area contributed by atoms with E-state index in [9.17, 15) is 19.2 Å². The maximum Gasteiger partial charge on any atom is 0.251 e. The van der Waals surface area contributed by atoms with Crippen molar-refractivity contribution < 1.29 is 19.1 Å². The van der Waals surface area contributed by atoms with Crippen LogP contribution in [-0.2, 0) is 11.3 Å². The molecule has 8 heteroatoms. The van der Waals surface area contributed by atoms with E-state index in [1.54, 1.807) is 42.5 Å². The second-order valence-corrected chi connectivity index (χ2v) is 7.19. The molecule has 0 spiro atoms. The molecule has 1 heterocycles. The molecule has 2 aromatic carbocycles. The lowest BCUT2D eigenvalue weighted by molar-refractivity contribution is -0.116. The summed E-state index contributed by atoms with van der Waals surface area (Å²) in [5.41, 5.74) is 1.81. The first-order valence-corrected chi connectivity index (χ1v) is 9.64. The topological polar surface area (TPSA) is 94.5 Å². The third kappa shape index (κ3) is 5.07. The van der Waals surface area contributed by atoms with Gasteiger partial charge in [-0.2, -0.15) is 0 Å². The second-order valence-electron chi connectivity index (χ2n) is 6.76. The van der Waals surface area contributed by atoms with Gasteiger partial charge in [-0.15, -0.1) is 0 Å². The minimum atomic E-state index is -0.447. The molecule has 3 rings (SSSR count). The molecule has 0 atom stereocenters. The van der Waals surface area contributed by atoms with Crippen molar-refractivity contribution in [3.05, 3.63) is 81.2 Å². The number of nitrogens with one attached hydrogen (secondary N) is 1. The van der Waals surface area contributed by atoms with Gasteiger partial charge in [0.25, 0.3) is 5.56 Å². The van der Waals surface area contributed by atoms with Crippen LogP contribution in [0.1, 0.15) is 27.6 Å². The fourth-order valence-corrected chi connectivity index (χ4v) is 3.27. The molecule has 3 aromatic rings. The summed E-state index contributed by atoms with van der Waals surface area (Å²) in [4.78, 5) is 47.8. The Morgan fingerprint density at radius 1 is 1.10 bits per heavy atom. The number of methoxy groups -OCH3 is 1. The smallest absolute Gasteiger partial charge is 0.251 e. The lowest BCUT2D eigenvalue weighted by Crippen LogP contribution is -2.27. The van der Waals surface area contributed by atoms with Crippen LogP contribution in [0, 0.1) is 0 Å². The first-order valence-electron chi connectivity index (χ1n) is 9.27. The van der Waals surface area contributed by atoms with Crippen LogP contribution in [0.4, 0.5) is 5.69 Å². The number of benzene rings is 2. The van der Waals surface area contributed by atoms with Gasteiger partial charge in [-0.3, -0.25) is 19.2 Å². The summed E-state index contributed by atoms with van der Waals surface area (Å²) in [5, 5.41) is 3.08. The van der Waals surface area contributed by atoms with Gasteiger partial charge in [-0.1, -0.05) is 11.6 Å². The van der Waals surface area contributed by atoms with E-state index in [2.05, 4.69) is 5.32 Å². The van der Waals surface area contributed by atoms with Crippen molar-refractivity contribution in [2.24, 2.45) is 0 Å². The molecule has 1 N–H and O–H groups in total. The molecule has 0 saturated heterocycles. The highest BCUT2D eigenvalue weighted by atomic mass is 35.5. The van der Waals surface area contributed by atoms with Crippen molar-refractivity contribution in [3.63, 3.8) is 0 Å². The molecule has 1 aromatic heterocycles. The number of amides is 1. The second kappa shape index (κ2) is 9.40. The molecule has 0 bridgehead atoms. The highest BCUT2D eigenvalue weighted by Crippen LogP contribution is 2.33. The lowest BCUT2D eigenvalue weighted by atomic mass is 9.97. The lowest BCUT2D eigenvalue weighted by Gasteiger charge is -2.15. The van der Waals surface area contributed by atoms with E-state index < -0.39 is 11.5 Å². The highest BCUT2D eigenvalue weighted by Gasteiger charge is 2.17. The predicted molar refractivity (Wildman–Crippen MR) is 118 cm³/mol. The average molecular weight is 439 g/mol. The zero-order chi connectivity index (χ0) is 22.5. The fourth-order valence-electron chi connectivity index (χ4n) is 3.10. The van der Waals surface area contributed by atoms with E-state index >= 15 is 0 Å². The molecule has 158 valence electrons. The largest absolute Gasteiger partial charge is 0.495 e. The van der Waals surface area contributed by atoms with E-state index in [0.717, 1.165) is 0 Å². The predicted octanol–water partition coefficient (Wildman–Crippen LogP) is 3.83. The van der Waals surface area contributed by atoms with E-state index in [1.807, 2.05) is 0 Å². The normalized spacial score (nSPS) is 10.4. The van der Waals surface area contributed by atoms with Crippen LogP contribution in [0.2, 0.25) is 5.02 Å². The summed E-state index contributed by atoms with van der Waals surface area (Å²) in [6.07, 6.45) is 2.12. The molecular formula is C23H19ClN2O5. The van der Waals surface area contributed by atoms with Crippen LogP contribution >= 0.6 is 11.6 Å². The van der Waals surface area contributed by atoms with E-state index in [0.29, 0.717) is 45.0 Å². The number of rotatable bonds is 7. The van der Waals surface area contributed by atoms with Gasteiger partial charge in [0.1, 0.15) is 18.6 Å². The number of ether oxygens (including phenoxy) is 1. The molecule has 0 unspecified atom stereocenters. The Hall–Kier alpha value is -3.71. The molecular weight excluding hydrogens is 420 g/mol. The Kier molecular flexibility index (Phi) is 6.67. The van der Waals surface area contributed by atoms with Gasteiger partial charge in [-0.05, 0) is 55.0 Å². The number of carbonyl (C=O) groups excluding carboxylic acids is 3. The van der Waals surface area contributed by atoms with Crippen molar-refractivity contribution >= 4 is 35.3 Å². The molecule has 0 aliphatic carbocycles. The SMILES string of the molecule is COc1cn(CC(=O)Nc2ccc(C=O)cc2)c(=O)cc1-c1cc(Cl)ccc1C(C)=O. The third-order valence-electron chi connectivity index (χ3n) is 4.60. The van der Waals surface area contributed by atoms with Gasteiger partial charge in [0.15, 0.2) is 5.78 Å². The Bertz CT molecular complexity index is 1220. The standard InChI is InChI=1S/C23H19ClN2O5/c1-14(28)18-8-5-16(24)9-19(18)20-10-23(30)26(11-21(20)31-2)12-22(29)25-17-6-3-15(13-27)4-7-17/h3-11,13H,12H2,1-2H3,(H,25,29). The summed E-state index contributed by atoms with van der Waals surface area (Å²) in [6.45, 7) is 1.17. The van der Waals surface area contributed by atoms with Crippen molar-refractivity contribution in [2.45, 2.75) is 13.5 Å². The monoisotopic (exact) mass is 438 g/mol. The number of hydrogen-bond donors (Lipinski definition) is 1. The van der Waals surface area contributed by atoms with E-state index in [4.69, 9.17) is 16.3 Å². The number of halogens is 1. The number of anilines is 1. The van der Waals surface area contributed by atoms with Crippen LogP contribution in [0.15, 0.2) is 59.5 Å². The quantitative estimate of drug-likeness (QED) is 0.447. The van der Waals surface area contributed by atoms with Crippen molar-refractivity contribution in [1.29, 1.82) is 0 Å². The number of ketones is 1. The molecule has 0 saturated carbocycles. The first kappa shape index (κ1) is 22.0. The van der Waals surface area contributed by atoms with Gasteiger partial charge in [0.05, 0.1) is 13.3 Å². The average Bonchev–Trinajstić information content (AvgIpc) is 2.75. The fraction of sp³-hybridized carbons (Fsp3) is 0.130. The van der Waals surface area contributed by atoms with E-state index in [1.165, 1.54) is 30.9 Å². The highest BCUT2D eigenvalue weighted by molar-refractivity contribution is 6.31. The molecule has 0 aliphatic heterocycles. The minimum Gasteiger partial charge on any atom is -0.495 e. The van der Waals surface area contributed by atoms with E-state index in [-0.39, 0.29) is 12.3 Å². The summed E-state index contributed by atoms with van der Waals surface area (Å²) in [6, 6.07) is 12.4. The number of aldehydes is 1. The number of Topliss-reactive ketones (excluding diaryl/α,β-unsaturated/α-hetero) is 1. The van der Waals surface area contributed by atoms with Crippen LogP contribution in [0.5, 0.6) is 5.75 Å². The third-order valence-corrected chi connectivity index (χ3v) is 4.84. The zero-order valence-corrected chi connectivity index (χ0v) is 17.6. The summed E-state index contributed by atoms with van der Waals surface area (Å²) < 4.78 is 6.62. The maximum absolute atomic E-state index is 12.7. The van der Waals surface area contributed by atoms with Gasteiger partial charge in [-0.25, -0.2) is 0 Å². The maximum atomic E-state index is 12.7. The van der Waals surface area contributed by atoms with Gasteiger partial charge in [0, 0.05) is 33.5 Å². The Morgan fingerprint density at radius 3 is 2.42 bits per heavy atom. The number of aromatic nitrogens is 1. The van der Waals surface area contributed by atoms with Crippen molar-refractivity contribution in [3.8, 4) is 16.9 Å². The minimum absolute atomic E-state index is 0.183. The Labute approximate surface area is 183 Å². The summed E-state index contributed by atoms with van der Waals surface area (Å²) in [7, 11) is 1.43. The Morgan fingerprint density at radius 2 is 1.81 bits per heavy atom. The zero-order valence-electron chi connectivity index (χ0n) is 16.8. The molecule has 0 radical (unpaired) electrons. The number of pyridine rings is 1. The van der Waals surface area contributed by atoms with Gasteiger partial charge in [0.2, 0.25) is 5.91 Å². The summed E-state index contributed by atoms with van der Waals surface area (Å²) in [5.74, 6) is -0.298. The molecule has 0 aliphatic rings. The number of carbonyl (C=O) groups is 3. The van der Waals surface area contributed by atoms with Crippen molar-refractivity contribution in [1.82, 2.24) is 4.57 Å². The molecule has 7 nitrogen and oxygen atoms in total. The van der Waals surface area contributed by atoms with Crippen molar-refractivity contribution in [2.75, 3.05) is 12.4 Å². The van der Waals surface area contributed by atoms with Crippen LogP contribution in [-0.4, -0.2) is 29.7 Å². The Balaban J connectivity index is 1.92. The number of nitrogens with zero attached hydrogens (tertiary/aromatic N) is 1. The van der Waals surface area contributed by atoms with Gasteiger partial charge < -0.3 is 14.6 Å². The first-order chi connectivity index (χ1) is 14.8. The van der Waals surface area contributed by atoms with Gasteiger partial charge >= 0.3 is 0 Å². The number of hydrogen-bond acceptors (Lipinski definition) is 5. The van der Waals surface area contributed by atoms with Crippen LogP contribution in [0.3, 0.4) is 0 Å². The molecule has 31 heavy (non-hydrogen) atoms. The summed E-state index contributed by atoms with van der Waals surface area (Å²) >= 11 is 6.10. The van der Waals surface area contributed by atoms with Crippen LogP contribution in [0.25, 0.3) is 11.1 Å². The molecule has 1 amide bonds. The molecule has 0 fully saturated rings. The van der Waals surface area contributed by atoms with Crippen LogP contribution < -0.4 is 15.6 Å².